The predicted molar refractivity (Wildman–Crippen MR) is 54.6 cm³/mol. The summed E-state index contributed by atoms with van der Waals surface area (Å²) in [6, 6.07) is 2.55. The molecule has 3 rings (SSSR count). The smallest absolute Gasteiger partial charge is 0.0675 e. The van der Waals surface area contributed by atoms with Crippen molar-refractivity contribution < 1.29 is 0 Å². The fourth-order valence-electron chi connectivity index (χ4n) is 4.13. The standard InChI is InChI=1S/C12H18N2/c13-9-11-8-10-4-3-5-12(10,11)14-6-1-2-7-14/h10-11H,1-8H2. The number of likely N-dealkylation sites (tertiary alicyclic amines) is 1. The van der Waals surface area contributed by atoms with Crippen molar-refractivity contribution in [2.24, 2.45) is 11.8 Å². The van der Waals surface area contributed by atoms with Gasteiger partial charge in [-0.05, 0) is 51.1 Å². The molecule has 0 aromatic carbocycles. The highest BCUT2D eigenvalue weighted by molar-refractivity contribution is 5.20. The van der Waals surface area contributed by atoms with Gasteiger partial charge in [0.1, 0.15) is 0 Å². The first-order valence-electron chi connectivity index (χ1n) is 6.02. The molecule has 1 saturated heterocycles. The lowest BCUT2D eigenvalue weighted by atomic mass is 9.60. The number of hydrogen-bond donors (Lipinski definition) is 0. The van der Waals surface area contributed by atoms with Crippen molar-refractivity contribution in [1.29, 1.82) is 5.26 Å². The van der Waals surface area contributed by atoms with Crippen molar-refractivity contribution in [2.75, 3.05) is 13.1 Å². The number of fused-ring (bicyclic) bond motifs is 1. The lowest BCUT2D eigenvalue weighted by molar-refractivity contribution is -0.0459. The molecule has 0 N–H and O–H groups in total. The van der Waals surface area contributed by atoms with Gasteiger partial charge < -0.3 is 0 Å². The second-order valence-corrected chi connectivity index (χ2v) is 5.19. The summed E-state index contributed by atoms with van der Waals surface area (Å²) in [5.41, 5.74) is 0.352. The molecule has 2 heteroatoms. The van der Waals surface area contributed by atoms with Gasteiger partial charge in [0, 0.05) is 5.54 Å². The maximum atomic E-state index is 9.18. The van der Waals surface area contributed by atoms with E-state index in [0.29, 0.717) is 11.5 Å². The van der Waals surface area contributed by atoms with Crippen LogP contribution in [-0.4, -0.2) is 23.5 Å². The van der Waals surface area contributed by atoms with Crippen molar-refractivity contribution in [3.63, 3.8) is 0 Å². The van der Waals surface area contributed by atoms with Gasteiger partial charge in [0.05, 0.1) is 12.0 Å². The normalized spacial score (nSPS) is 47.1. The Morgan fingerprint density at radius 1 is 1.21 bits per heavy atom. The Morgan fingerprint density at radius 3 is 2.64 bits per heavy atom. The lowest BCUT2D eigenvalue weighted by Gasteiger charge is -2.55. The molecule has 76 valence electrons. The summed E-state index contributed by atoms with van der Waals surface area (Å²) < 4.78 is 0. The highest BCUT2D eigenvalue weighted by Gasteiger charge is 2.60. The van der Waals surface area contributed by atoms with E-state index in [-0.39, 0.29) is 0 Å². The van der Waals surface area contributed by atoms with Crippen LogP contribution >= 0.6 is 0 Å². The molecule has 3 atom stereocenters. The molecule has 1 heterocycles. The van der Waals surface area contributed by atoms with E-state index in [4.69, 9.17) is 0 Å². The third kappa shape index (κ3) is 0.892. The summed E-state index contributed by atoms with van der Waals surface area (Å²) in [7, 11) is 0. The van der Waals surface area contributed by atoms with Gasteiger partial charge in [-0.3, -0.25) is 4.90 Å². The van der Waals surface area contributed by atoms with Gasteiger partial charge in [-0.1, -0.05) is 6.42 Å². The van der Waals surface area contributed by atoms with Crippen LogP contribution in [0.25, 0.3) is 0 Å². The number of hydrogen-bond acceptors (Lipinski definition) is 2. The van der Waals surface area contributed by atoms with E-state index in [9.17, 15) is 5.26 Å². The molecule has 3 fully saturated rings. The SMILES string of the molecule is N#CC1CC2CCCC12N1CCCC1. The number of rotatable bonds is 1. The van der Waals surface area contributed by atoms with Crippen molar-refractivity contribution in [3.05, 3.63) is 0 Å². The summed E-state index contributed by atoms with van der Waals surface area (Å²) in [4.78, 5) is 2.65. The largest absolute Gasteiger partial charge is 0.296 e. The monoisotopic (exact) mass is 190 g/mol. The van der Waals surface area contributed by atoms with Gasteiger partial charge in [-0.2, -0.15) is 5.26 Å². The van der Waals surface area contributed by atoms with Gasteiger partial charge in [0.2, 0.25) is 0 Å². The maximum Gasteiger partial charge on any atom is 0.0675 e. The Balaban J connectivity index is 1.87. The van der Waals surface area contributed by atoms with Crippen LogP contribution < -0.4 is 0 Å². The lowest BCUT2D eigenvalue weighted by Crippen LogP contribution is -2.62. The Hall–Kier alpha value is -0.550. The second kappa shape index (κ2) is 2.97. The molecule has 0 bridgehead atoms. The van der Waals surface area contributed by atoms with E-state index < -0.39 is 0 Å². The third-order valence-corrected chi connectivity index (χ3v) is 4.81. The summed E-state index contributed by atoms with van der Waals surface area (Å²) in [6.45, 7) is 2.52. The van der Waals surface area contributed by atoms with E-state index in [1.165, 1.54) is 51.6 Å². The van der Waals surface area contributed by atoms with E-state index in [2.05, 4.69) is 11.0 Å². The van der Waals surface area contributed by atoms with Crippen LogP contribution in [0.3, 0.4) is 0 Å². The quantitative estimate of drug-likeness (QED) is 0.633. The molecule has 0 spiro atoms. The molecule has 1 aliphatic heterocycles. The first kappa shape index (κ1) is 8.73. The topological polar surface area (TPSA) is 27.0 Å². The van der Waals surface area contributed by atoms with Crippen LogP contribution in [0, 0.1) is 23.2 Å². The number of nitriles is 1. The van der Waals surface area contributed by atoms with Crippen molar-refractivity contribution in [2.45, 2.75) is 44.1 Å². The van der Waals surface area contributed by atoms with E-state index in [1.54, 1.807) is 0 Å². The summed E-state index contributed by atoms with van der Waals surface area (Å²) in [5, 5.41) is 9.18. The Kier molecular flexibility index (Phi) is 1.85. The molecule has 14 heavy (non-hydrogen) atoms. The molecule has 2 aliphatic carbocycles. The minimum absolute atomic E-state index is 0.352. The van der Waals surface area contributed by atoms with Crippen LogP contribution in [0.4, 0.5) is 0 Å². The number of nitrogens with zero attached hydrogens (tertiary/aromatic N) is 2. The van der Waals surface area contributed by atoms with Gasteiger partial charge >= 0.3 is 0 Å². The average molecular weight is 190 g/mol. The molecular weight excluding hydrogens is 172 g/mol. The molecule has 2 saturated carbocycles. The van der Waals surface area contributed by atoms with Crippen LogP contribution in [0.1, 0.15) is 38.5 Å². The Bertz CT molecular complexity index is 275. The van der Waals surface area contributed by atoms with Crippen LogP contribution in [0.15, 0.2) is 0 Å². The first-order valence-corrected chi connectivity index (χ1v) is 6.02. The predicted octanol–water partition coefficient (Wildman–Crippen LogP) is 2.16. The Morgan fingerprint density at radius 2 is 2.00 bits per heavy atom. The minimum Gasteiger partial charge on any atom is -0.296 e. The molecular formula is C12H18N2. The van der Waals surface area contributed by atoms with Gasteiger partial charge in [-0.15, -0.1) is 0 Å². The van der Waals surface area contributed by atoms with Gasteiger partial charge in [-0.25, -0.2) is 0 Å². The zero-order valence-electron chi connectivity index (χ0n) is 8.71. The van der Waals surface area contributed by atoms with Gasteiger partial charge in [0.25, 0.3) is 0 Å². The molecule has 0 aromatic heterocycles. The summed E-state index contributed by atoms with van der Waals surface area (Å²) in [6.07, 6.45) is 7.94. The van der Waals surface area contributed by atoms with Crippen LogP contribution in [0.2, 0.25) is 0 Å². The van der Waals surface area contributed by atoms with Crippen LogP contribution in [-0.2, 0) is 0 Å². The maximum absolute atomic E-state index is 9.18. The Labute approximate surface area is 85.9 Å². The fourth-order valence-corrected chi connectivity index (χ4v) is 4.13. The fraction of sp³-hybridized carbons (Fsp3) is 0.917. The third-order valence-electron chi connectivity index (χ3n) is 4.81. The summed E-state index contributed by atoms with van der Waals surface area (Å²) in [5.74, 6) is 1.22. The van der Waals surface area contributed by atoms with E-state index in [0.717, 1.165) is 5.92 Å². The highest BCUT2D eigenvalue weighted by atomic mass is 15.2. The van der Waals surface area contributed by atoms with E-state index in [1.807, 2.05) is 0 Å². The van der Waals surface area contributed by atoms with Crippen molar-refractivity contribution in [1.82, 2.24) is 4.90 Å². The van der Waals surface area contributed by atoms with Crippen LogP contribution in [0.5, 0.6) is 0 Å². The van der Waals surface area contributed by atoms with Crippen molar-refractivity contribution in [3.8, 4) is 6.07 Å². The molecule has 0 amide bonds. The summed E-state index contributed by atoms with van der Waals surface area (Å²) >= 11 is 0. The first-order chi connectivity index (χ1) is 6.88. The molecule has 0 aromatic rings. The molecule has 3 aliphatic rings. The minimum atomic E-state index is 0.352. The molecule has 2 nitrogen and oxygen atoms in total. The van der Waals surface area contributed by atoms with E-state index >= 15 is 0 Å². The average Bonchev–Trinajstić information content (AvgIpc) is 2.76. The van der Waals surface area contributed by atoms with Gasteiger partial charge in [0.15, 0.2) is 0 Å². The molecule has 3 unspecified atom stereocenters. The highest BCUT2D eigenvalue weighted by Crippen LogP contribution is 2.58. The zero-order valence-corrected chi connectivity index (χ0v) is 8.71. The zero-order chi connectivity index (χ0) is 9.60. The van der Waals surface area contributed by atoms with Crippen molar-refractivity contribution >= 4 is 0 Å². The second-order valence-electron chi connectivity index (χ2n) is 5.19. The molecule has 0 radical (unpaired) electrons.